The average molecular weight is 270 g/mol. The lowest BCUT2D eigenvalue weighted by Gasteiger charge is -1.98. The Kier molecular flexibility index (Phi) is 3.23. The Bertz CT molecular complexity index is 455. The molecular formula is C10H12BrN3O. The Labute approximate surface area is 95.8 Å². The fourth-order valence-corrected chi connectivity index (χ4v) is 1.71. The molecule has 15 heavy (non-hydrogen) atoms. The third-order valence-electron chi connectivity index (χ3n) is 2.07. The summed E-state index contributed by atoms with van der Waals surface area (Å²) in [4.78, 5) is 7.52. The molecule has 0 aliphatic heterocycles. The van der Waals surface area contributed by atoms with Crippen LogP contribution in [0.3, 0.4) is 0 Å². The van der Waals surface area contributed by atoms with Crippen molar-refractivity contribution in [3.8, 4) is 0 Å². The van der Waals surface area contributed by atoms with Crippen LogP contribution in [0.4, 0.5) is 5.95 Å². The van der Waals surface area contributed by atoms with Gasteiger partial charge in [-0.3, -0.25) is 0 Å². The summed E-state index contributed by atoms with van der Waals surface area (Å²) in [5.41, 5.74) is 1.93. The van der Waals surface area contributed by atoms with E-state index in [1.165, 1.54) is 0 Å². The molecule has 0 saturated heterocycles. The number of halogens is 1. The van der Waals surface area contributed by atoms with Crippen LogP contribution in [-0.4, -0.2) is 28.2 Å². The van der Waals surface area contributed by atoms with Gasteiger partial charge in [-0.2, -0.15) is 0 Å². The third-order valence-corrected chi connectivity index (χ3v) is 2.56. The second kappa shape index (κ2) is 4.63. The molecular weight excluding hydrogens is 258 g/mol. The topological polar surface area (TPSA) is 60.9 Å². The summed E-state index contributed by atoms with van der Waals surface area (Å²) in [5.74, 6) is 0.747. The predicted molar refractivity (Wildman–Crippen MR) is 64.0 cm³/mol. The highest BCUT2D eigenvalue weighted by Gasteiger charge is 2.01. The van der Waals surface area contributed by atoms with Crippen LogP contribution in [0, 0.1) is 0 Å². The van der Waals surface area contributed by atoms with Crippen LogP contribution in [0.25, 0.3) is 11.0 Å². The minimum atomic E-state index is 0.193. The highest BCUT2D eigenvalue weighted by molar-refractivity contribution is 9.10. The monoisotopic (exact) mass is 269 g/mol. The minimum Gasteiger partial charge on any atom is -0.396 e. The molecule has 0 amide bonds. The summed E-state index contributed by atoms with van der Waals surface area (Å²) in [6, 6.07) is 5.90. The molecule has 0 saturated carbocycles. The molecule has 1 aromatic carbocycles. The van der Waals surface area contributed by atoms with E-state index in [9.17, 15) is 0 Å². The van der Waals surface area contributed by atoms with Gasteiger partial charge in [-0.25, -0.2) is 4.98 Å². The number of H-pyrrole nitrogens is 1. The first-order valence-electron chi connectivity index (χ1n) is 4.79. The smallest absolute Gasteiger partial charge is 0.201 e. The summed E-state index contributed by atoms with van der Waals surface area (Å²) in [7, 11) is 0. The molecule has 0 atom stereocenters. The first-order valence-corrected chi connectivity index (χ1v) is 5.59. The van der Waals surface area contributed by atoms with Crippen LogP contribution in [0.1, 0.15) is 6.42 Å². The molecule has 4 nitrogen and oxygen atoms in total. The van der Waals surface area contributed by atoms with Crippen molar-refractivity contribution in [3.63, 3.8) is 0 Å². The van der Waals surface area contributed by atoms with E-state index in [2.05, 4.69) is 31.2 Å². The van der Waals surface area contributed by atoms with Crippen LogP contribution in [0.2, 0.25) is 0 Å². The van der Waals surface area contributed by atoms with Crippen LogP contribution in [0.15, 0.2) is 22.7 Å². The number of hydrogen-bond donors (Lipinski definition) is 3. The number of aliphatic hydroxyl groups excluding tert-OH is 1. The molecule has 0 radical (unpaired) electrons. The Balaban J connectivity index is 2.16. The second-order valence-corrected chi connectivity index (χ2v) is 4.17. The quantitative estimate of drug-likeness (QED) is 0.746. The van der Waals surface area contributed by atoms with Crippen molar-refractivity contribution in [1.82, 2.24) is 9.97 Å². The number of aromatic amines is 1. The number of nitrogens with one attached hydrogen (secondary N) is 2. The first kappa shape index (κ1) is 10.4. The highest BCUT2D eigenvalue weighted by atomic mass is 79.9. The molecule has 0 bridgehead atoms. The molecule has 0 aliphatic carbocycles. The van der Waals surface area contributed by atoms with Crippen molar-refractivity contribution in [1.29, 1.82) is 0 Å². The average Bonchev–Trinajstić information content (AvgIpc) is 2.60. The van der Waals surface area contributed by atoms with Crippen molar-refractivity contribution < 1.29 is 5.11 Å². The zero-order valence-electron chi connectivity index (χ0n) is 8.13. The lowest BCUT2D eigenvalue weighted by atomic mass is 10.3. The molecule has 0 aliphatic rings. The maximum Gasteiger partial charge on any atom is 0.201 e. The normalized spacial score (nSPS) is 10.8. The number of nitrogens with zero attached hydrogens (tertiary/aromatic N) is 1. The van der Waals surface area contributed by atoms with Crippen LogP contribution in [-0.2, 0) is 0 Å². The van der Waals surface area contributed by atoms with Crippen LogP contribution in [0.5, 0.6) is 0 Å². The lowest BCUT2D eigenvalue weighted by molar-refractivity contribution is 0.292. The standard InChI is InChI=1S/C10H12BrN3O/c11-7-2-3-8-9(6-7)14-10(13-8)12-4-1-5-15/h2-3,6,15H,1,4-5H2,(H2,12,13,14). The van der Waals surface area contributed by atoms with E-state index in [0.717, 1.165) is 34.4 Å². The molecule has 0 spiro atoms. The van der Waals surface area contributed by atoms with E-state index < -0.39 is 0 Å². The largest absolute Gasteiger partial charge is 0.396 e. The Hall–Kier alpha value is -1.07. The Morgan fingerprint density at radius 1 is 1.47 bits per heavy atom. The molecule has 3 N–H and O–H groups in total. The van der Waals surface area contributed by atoms with E-state index in [1.54, 1.807) is 0 Å². The van der Waals surface area contributed by atoms with Gasteiger partial charge in [0.2, 0.25) is 5.95 Å². The van der Waals surface area contributed by atoms with Crippen molar-refractivity contribution in [2.45, 2.75) is 6.42 Å². The number of fused-ring (bicyclic) bond motifs is 1. The maximum absolute atomic E-state index is 8.64. The van der Waals surface area contributed by atoms with E-state index in [-0.39, 0.29) is 6.61 Å². The number of imidazole rings is 1. The number of rotatable bonds is 4. The molecule has 0 fully saturated rings. The number of aromatic nitrogens is 2. The number of anilines is 1. The fourth-order valence-electron chi connectivity index (χ4n) is 1.35. The van der Waals surface area contributed by atoms with Crippen LogP contribution < -0.4 is 5.32 Å². The van der Waals surface area contributed by atoms with Crippen molar-refractivity contribution in [3.05, 3.63) is 22.7 Å². The molecule has 2 rings (SSSR count). The van der Waals surface area contributed by atoms with Gasteiger partial charge >= 0.3 is 0 Å². The van der Waals surface area contributed by atoms with Gasteiger partial charge in [0, 0.05) is 17.6 Å². The van der Waals surface area contributed by atoms with Gasteiger partial charge in [-0.1, -0.05) is 15.9 Å². The number of hydrogen-bond acceptors (Lipinski definition) is 3. The van der Waals surface area contributed by atoms with E-state index in [1.807, 2.05) is 18.2 Å². The lowest BCUT2D eigenvalue weighted by Crippen LogP contribution is -2.04. The van der Waals surface area contributed by atoms with Crippen molar-refractivity contribution in [2.24, 2.45) is 0 Å². The highest BCUT2D eigenvalue weighted by Crippen LogP contribution is 2.19. The SMILES string of the molecule is OCCCNc1nc2ccc(Br)cc2[nH]1. The fraction of sp³-hybridized carbons (Fsp3) is 0.300. The molecule has 1 heterocycles. The van der Waals surface area contributed by atoms with E-state index in [0.29, 0.717) is 0 Å². The van der Waals surface area contributed by atoms with Gasteiger partial charge < -0.3 is 15.4 Å². The zero-order valence-corrected chi connectivity index (χ0v) is 9.71. The Morgan fingerprint density at radius 2 is 2.33 bits per heavy atom. The van der Waals surface area contributed by atoms with Gasteiger partial charge in [0.15, 0.2) is 0 Å². The maximum atomic E-state index is 8.64. The molecule has 80 valence electrons. The molecule has 1 aromatic heterocycles. The van der Waals surface area contributed by atoms with E-state index in [4.69, 9.17) is 5.11 Å². The van der Waals surface area contributed by atoms with Gasteiger partial charge in [0.1, 0.15) is 0 Å². The first-order chi connectivity index (χ1) is 7.29. The molecule has 5 heteroatoms. The summed E-state index contributed by atoms with van der Waals surface area (Å²) >= 11 is 3.40. The number of benzene rings is 1. The van der Waals surface area contributed by atoms with Gasteiger partial charge in [0.25, 0.3) is 0 Å². The summed E-state index contributed by atoms with van der Waals surface area (Å²) in [6.45, 7) is 0.913. The van der Waals surface area contributed by atoms with Gasteiger partial charge in [-0.15, -0.1) is 0 Å². The second-order valence-electron chi connectivity index (χ2n) is 3.25. The summed E-state index contributed by atoms with van der Waals surface area (Å²) in [6.07, 6.45) is 0.723. The third kappa shape index (κ3) is 2.49. The molecule has 0 unspecified atom stereocenters. The minimum absolute atomic E-state index is 0.193. The zero-order chi connectivity index (χ0) is 10.7. The summed E-state index contributed by atoms with van der Waals surface area (Å²) < 4.78 is 1.03. The Morgan fingerprint density at radius 3 is 3.13 bits per heavy atom. The summed E-state index contributed by atoms with van der Waals surface area (Å²) in [5, 5.41) is 11.8. The van der Waals surface area contributed by atoms with Gasteiger partial charge in [0.05, 0.1) is 11.0 Å². The van der Waals surface area contributed by atoms with Crippen molar-refractivity contribution >= 4 is 32.9 Å². The molecule has 2 aromatic rings. The number of aliphatic hydroxyl groups is 1. The van der Waals surface area contributed by atoms with Gasteiger partial charge in [-0.05, 0) is 24.6 Å². The van der Waals surface area contributed by atoms with Crippen LogP contribution >= 0.6 is 15.9 Å². The van der Waals surface area contributed by atoms with E-state index >= 15 is 0 Å². The predicted octanol–water partition coefficient (Wildman–Crippen LogP) is 2.12. The van der Waals surface area contributed by atoms with Crippen molar-refractivity contribution in [2.75, 3.05) is 18.5 Å².